The van der Waals surface area contributed by atoms with Crippen molar-refractivity contribution in [1.29, 1.82) is 0 Å². The molecule has 43 heavy (non-hydrogen) atoms. The van der Waals surface area contributed by atoms with Crippen molar-refractivity contribution in [2.45, 2.75) is 26.8 Å². The number of anilines is 2. The quantitative estimate of drug-likeness (QED) is 0.172. The lowest BCUT2D eigenvalue weighted by molar-refractivity contribution is -0.110. The van der Waals surface area contributed by atoms with Gasteiger partial charge in [-0.25, -0.2) is 4.39 Å². The van der Waals surface area contributed by atoms with Crippen molar-refractivity contribution < 1.29 is 18.8 Å². The molecule has 6 rings (SSSR count). The maximum absolute atomic E-state index is 13.3. The van der Waals surface area contributed by atoms with Crippen LogP contribution in [0.1, 0.15) is 61.8 Å². The largest absolute Gasteiger partial charge is 0.357 e. The maximum Gasteiger partial charge on any atom is 0.257 e. The van der Waals surface area contributed by atoms with Gasteiger partial charge in [0.2, 0.25) is 0 Å². The molecule has 8 nitrogen and oxygen atoms in total. The summed E-state index contributed by atoms with van der Waals surface area (Å²) in [4.78, 5) is 46.8. The first-order valence-corrected chi connectivity index (χ1v) is 13.8. The van der Waals surface area contributed by atoms with Gasteiger partial charge in [-0.3, -0.25) is 19.4 Å². The third-order valence-electron chi connectivity index (χ3n) is 7.64. The number of nitrogens with one attached hydrogen (secondary N) is 4. The molecule has 2 aromatic heterocycles. The minimum absolute atomic E-state index is 0.294. The van der Waals surface area contributed by atoms with Gasteiger partial charge in [0.15, 0.2) is 0 Å². The molecule has 214 valence electrons. The number of aromatic amines is 1. The molecule has 3 heterocycles. The van der Waals surface area contributed by atoms with Gasteiger partial charge in [0.05, 0.1) is 28.4 Å². The topological polar surface area (TPSA) is 116 Å². The van der Waals surface area contributed by atoms with E-state index in [1.807, 2.05) is 45.0 Å². The van der Waals surface area contributed by atoms with Crippen LogP contribution < -0.4 is 16.0 Å². The first kappa shape index (κ1) is 27.6. The molecule has 0 bridgehead atoms. The number of aryl methyl sites for hydroxylation is 1. The Labute approximate surface area is 247 Å². The molecule has 0 saturated carbocycles. The first-order chi connectivity index (χ1) is 20.7. The second-order valence-corrected chi connectivity index (χ2v) is 10.6. The number of aromatic nitrogens is 2. The molecule has 5 aromatic rings. The number of rotatable bonds is 6. The number of fused-ring (bicyclic) bond motifs is 2. The van der Waals surface area contributed by atoms with Crippen molar-refractivity contribution in [2.24, 2.45) is 0 Å². The zero-order valence-electron chi connectivity index (χ0n) is 23.7. The zero-order valence-corrected chi connectivity index (χ0v) is 23.7. The number of amides is 3. The lowest BCUT2D eigenvalue weighted by Crippen LogP contribution is -2.26. The molecule has 9 heteroatoms. The number of halogens is 1. The Balaban J connectivity index is 1.24. The highest BCUT2D eigenvalue weighted by molar-refractivity contribution is 6.35. The van der Waals surface area contributed by atoms with E-state index in [9.17, 15) is 18.8 Å². The number of hydrogen-bond donors (Lipinski definition) is 4. The second-order valence-electron chi connectivity index (χ2n) is 10.6. The van der Waals surface area contributed by atoms with Crippen molar-refractivity contribution in [2.75, 3.05) is 10.6 Å². The van der Waals surface area contributed by atoms with Crippen molar-refractivity contribution in [3.63, 3.8) is 0 Å². The third kappa shape index (κ3) is 5.40. The summed E-state index contributed by atoms with van der Waals surface area (Å²) in [6, 6.07) is 20.0. The first-order valence-electron chi connectivity index (χ1n) is 13.8. The summed E-state index contributed by atoms with van der Waals surface area (Å²) in [5.41, 5.74) is 6.72. The lowest BCUT2D eigenvalue weighted by Gasteiger charge is -2.15. The van der Waals surface area contributed by atoms with Crippen molar-refractivity contribution in [3.8, 4) is 0 Å². The standard InChI is InChI=1S/C34H28FN5O3/c1-18-30(37-20(3)31(18)40-33(42)24-14-22-6-4-5-7-28(22)36-17-24)16-27-26-15-23(10-13-29(26)39-34(27)43)32(41)38-19(2)21-8-11-25(35)12-9-21/h4-17,19,37H,1-3H3,(H,38,41)(H,39,43)(H,40,42)/b27-16-/t19-/m1/s1. The summed E-state index contributed by atoms with van der Waals surface area (Å²) in [7, 11) is 0. The van der Waals surface area contributed by atoms with Gasteiger partial charge in [-0.15, -0.1) is 0 Å². The van der Waals surface area contributed by atoms with E-state index in [2.05, 4.69) is 25.9 Å². The van der Waals surface area contributed by atoms with Crippen LogP contribution in [-0.2, 0) is 4.79 Å². The van der Waals surface area contributed by atoms with Crippen LogP contribution in [0.15, 0.2) is 79.0 Å². The van der Waals surface area contributed by atoms with Crippen LogP contribution in [0.25, 0.3) is 22.6 Å². The number of nitrogens with zero attached hydrogens (tertiary/aromatic N) is 1. The van der Waals surface area contributed by atoms with E-state index in [0.29, 0.717) is 39.3 Å². The predicted molar refractivity (Wildman–Crippen MR) is 165 cm³/mol. The Bertz CT molecular complexity index is 1960. The fourth-order valence-electron chi connectivity index (χ4n) is 5.22. The summed E-state index contributed by atoms with van der Waals surface area (Å²) >= 11 is 0. The summed E-state index contributed by atoms with van der Waals surface area (Å²) in [5, 5.41) is 9.62. The van der Waals surface area contributed by atoms with Crippen LogP contribution in [0.5, 0.6) is 0 Å². The van der Waals surface area contributed by atoms with Crippen LogP contribution in [0.3, 0.4) is 0 Å². The molecule has 1 aliphatic rings. The van der Waals surface area contributed by atoms with Gasteiger partial charge < -0.3 is 20.9 Å². The van der Waals surface area contributed by atoms with Crippen LogP contribution >= 0.6 is 0 Å². The molecular weight excluding hydrogens is 545 g/mol. The van der Waals surface area contributed by atoms with Crippen LogP contribution in [0.4, 0.5) is 15.8 Å². The van der Waals surface area contributed by atoms with E-state index in [1.54, 1.807) is 48.7 Å². The molecule has 0 unspecified atom stereocenters. The molecule has 1 atom stereocenters. The van der Waals surface area contributed by atoms with Gasteiger partial charge in [-0.05, 0) is 80.4 Å². The Hall–Kier alpha value is -5.57. The molecule has 0 fully saturated rings. The maximum atomic E-state index is 13.3. The average molecular weight is 574 g/mol. The Morgan fingerprint density at radius 1 is 0.953 bits per heavy atom. The number of para-hydroxylation sites is 1. The molecule has 3 amide bonds. The number of hydrogen-bond acceptors (Lipinski definition) is 4. The molecule has 0 aliphatic carbocycles. The van der Waals surface area contributed by atoms with Gasteiger partial charge in [-0.1, -0.05) is 30.3 Å². The van der Waals surface area contributed by atoms with E-state index in [4.69, 9.17) is 0 Å². The predicted octanol–water partition coefficient (Wildman–Crippen LogP) is 6.55. The van der Waals surface area contributed by atoms with Gasteiger partial charge >= 0.3 is 0 Å². The minimum Gasteiger partial charge on any atom is -0.357 e. The summed E-state index contributed by atoms with van der Waals surface area (Å²) in [6.45, 7) is 5.52. The van der Waals surface area contributed by atoms with Crippen molar-refractivity contribution >= 4 is 51.6 Å². The number of H-pyrrole nitrogens is 1. The van der Waals surface area contributed by atoms with Gasteiger partial charge in [0, 0.05) is 39.8 Å². The Morgan fingerprint density at radius 2 is 1.72 bits per heavy atom. The summed E-state index contributed by atoms with van der Waals surface area (Å²) in [6.07, 6.45) is 3.27. The highest BCUT2D eigenvalue weighted by Crippen LogP contribution is 2.35. The molecule has 1 aliphatic heterocycles. The van der Waals surface area contributed by atoms with Gasteiger partial charge in [0.1, 0.15) is 5.82 Å². The molecule has 0 radical (unpaired) electrons. The SMILES string of the molecule is Cc1[nH]c(/C=C2\C(=O)Nc3ccc(C(=O)N[C@H](C)c4ccc(F)cc4)cc32)c(C)c1NC(=O)c1cnc2ccccc2c1. The van der Waals surface area contributed by atoms with Gasteiger partial charge in [-0.2, -0.15) is 0 Å². The average Bonchev–Trinajstić information content (AvgIpc) is 3.46. The van der Waals surface area contributed by atoms with E-state index in [0.717, 1.165) is 27.7 Å². The Kier molecular flexibility index (Phi) is 7.07. The number of pyridine rings is 1. The number of benzene rings is 3. The molecule has 3 aromatic carbocycles. The van der Waals surface area contributed by atoms with Crippen LogP contribution in [0.2, 0.25) is 0 Å². The van der Waals surface area contributed by atoms with E-state index >= 15 is 0 Å². The van der Waals surface area contributed by atoms with E-state index in [-0.39, 0.29) is 29.6 Å². The highest BCUT2D eigenvalue weighted by Gasteiger charge is 2.27. The fourth-order valence-corrected chi connectivity index (χ4v) is 5.22. The highest BCUT2D eigenvalue weighted by atomic mass is 19.1. The van der Waals surface area contributed by atoms with Gasteiger partial charge in [0.25, 0.3) is 17.7 Å². The summed E-state index contributed by atoms with van der Waals surface area (Å²) < 4.78 is 13.3. The fraction of sp³-hybridized carbons (Fsp3) is 0.118. The van der Waals surface area contributed by atoms with Crippen LogP contribution in [-0.4, -0.2) is 27.7 Å². The third-order valence-corrected chi connectivity index (χ3v) is 7.64. The molecule has 0 saturated heterocycles. The Morgan fingerprint density at radius 3 is 2.51 bits per heavy atom. The second kappa shape index (κ2) is 11.0. The molecule has 0 spiro atoms. The minimum atomic E-state index is -0.348. The smallest absolute Gasteiger partial charge is 0.257 e. The molecule has 4 N–H and O–H groups in total. The normalized spacial score (nSPS) is 14.0. The molecular formula is C34H28FN5O3. The van der Waals surface area contributed by atoms with E-state index < -0.39 is 0 Å². The van der Waals surface area contributed by atoms with E-state index in [1.165, 1.54) is 12.1 Å². The zero-order chi connectivity index (χ0) is 30.2. The van der Waals surface area contributed by atoms with Crippen LogP contribution in [0, 0.1) is 19.7 Å². The van der Waals surface area contributed by atoms with Crippen molar-refractivity contribution in [3.05, 3.63) is 124 Å². The van der Waals surface area contributed by atoms with Crippen molar-refractivity contribution in [1.82, 2.24) is 15.3 Å². The number of carbonyl (C=O) groups excluding carboxylic acids is 3. The number of carbonyl (C=O) groups is 3. The lowest BCUT2D eigenvalue weighted by atomic mass is 10.0. The monoisotopic (exact) mass is 573 g/mol. The summed E-state index contributed by atoms with van der Waals surface area (Å²) in [5.74, 6) is -1.26.